The first-order valence-corrected chi connectivity index (χ1v) is 1.99. The number of hydrogen-bond acceptors (Lipinski definition) is 2. The SMILES string of the molecule is CC[O-].CC[O-].O.O.[Zn+2]. The molecular formula is C4H14O4Zn. The molecule has 56 valence electrons. The molecule has 0 spiro atoms. The molecule has 0 amide bonds. The van der Waals surface area contributed by atoms with Crippen molar-refractivity contribution in [2.45, 2.75) is 13.8 Å². The summed E-state index contributed by atoms with van der Waals surface area (Å²) in [7, 11) is 0. The van der Waals surface area contributed by atoms with Gasteiger partial charge in [-0.05, 0) is 0 Å². The van der Waals surface area contributed by atoms with Crippen molar-refractivity contribution in [1.82, 2.24) is 0 Å². The first-order chi connectivity index (χ1) is 2.83. The Balaban J connectivity index is -0.00000000889. The Bertz CT molecular complexity index is 14.5. The Morgan fingerprint density at radius 1 is 0.889 bits per heavy atom. The van der Waals surface area contributed by atoms with E-state index < -0.39 is 0 Å². The van der Waals surface area contributed by atoms with E-state index in [0.717, 1.165) is 0 Å². The zero-order valence-corrected chi connectivity index (χ0v) is 8.90. The van der Waals surface area contributed by atoms with Crippen molar-refractivity contribution < 1.29 is 40.6 Å². The van der Waals surface area contributed by atoms with Crippen LogP contribution in [0.15, 0.2) is 0 Å². The molecule has 0 aliphatic rings. The van der Waals surface area contributed by atoms with E-state index in [-0.39, 0.29) is 43.6 Å². The molecule has 0 aliphatic heterocycles. The molecule has 0 aromatic carbocycles. The van der Waals surface area contributed by atoms with Crippen molar-refractivity contribution in [3.8, 4) is 0 Å². The molecule has 0 radical (unpaired) electrons. The summed E-state index contributed by atoms with van der Waals surface area (Å²) in [5.74, 6) is 0. The Kier molecular flexibility index (Phi) is 294. The zero-order chi connectivity index (χ0) is 5.41. The van der Waals surface area contributed by atoms with Crippen molar-refractivity contribution in [1.29, 1.82) is 0 Å². The van der Waals surface area contributed by atoms with Crippen LogP contribution in [0.5, 0.6) is 0 Å². The average Bonchev–Trinajstić information content (AvgIpc) is 1.39. The van der Waals surface area contributed by atoms with Gasteiger partial charge < -0.3 is 21.2 Å². The van der Waals surface area contributed by atoms with Gasteiger partial charge >= 0.3 is 19.5 Å². The van der Waals surface area contributed by atoms with Crippen LogP contribution >= 0.6 is 0 Å². The van der Waals surface area contributed by atoms with Crippen LogP contribution in [0, 0.1) is 0 Å². The van der Waals surface area contributed by atoms with Crippen LogP contribution in [-0.2, 0) is 19.5 Å². The summed E-state index contributed by atoms with van der Waals surface area (Å²) in [5.41, 5.74) is 0. The second-order valence-corrected chi connectivity index (χ2v) is 0.577. The smallest absolute Gasteiger partial charge is 0.855 e. The molecule has 4 nitrogen and oxygen atoms in total. The predicted octanol–water partition coefficient (Wildman–Crippen LogP) is -2.92. The monoisotopic (exact) mass is 190 g/mol. The Labute approximate surface area is 68.3 Å². The summed E-state index contributed by atoms with van der Waals surface area (Å²) >= 11 is 0. The van der Waals surface area contributed by atoms with E-state index in [1.165, 1.54) is 0 Å². The molecule has 0 aliphatic carbocycles. The van der Waals surface area contributed by atoms with E-state index in [2.05, 4.69) is 0 Å². The normalized spacial score (nSPS) is 4.00. The van der Waals surface area contributed by atoms with E-state index in [1.54, 1.807) is 13.8 Å². The molecule has 0 saturated carbocycles. The molecule has 0 aromatic heterocycles. The largest absolute Gasteiger partial charge is 2.00 e. The molecule has 4 N–H and O–H groups in total. The quantitative estimate of drug-likeness (QED) is 0.382. The standard InChI is InChI=1S/2C2H5O.2H2O.Zn/c2*1-2-3;;;/h2*2H2,1H3;2*1H2;/q2*-1;;;+2. The molecule has 0 saturated heterocycles. The molecule has 0 rings (SSSR count). The average molecular weight is 192 g/mol. The summed E-state index contributed by atoms with van der Waals surface area (Å²) in [6.45, 7) is 3.14. The van der Waals surface area contributed by atoms with Gasteiger partial charge in [0.15, 0.2) is 0 Å². The second-order valence-electron chi connectivity index (χ2n) is 0.577. The molecule has 0 bridgehead atoms. The predicted molar refractivity (Wildman–Crippen MR) is 28.3 cm³/mol. The van der Waals surface area contributed by atoms with E-state index in [0.29, 0.717) is 0 Å². The molecule has 0 unspecified atom stereocenters. The summed E-state index contributed by atoms with van der Waals surface area (Å²) in [4.78, 5) is 0. The topological polar surface area (TPSA) is 109 Å². The van der Waals surface area contributed by atoms with Gasteiger partial charge in [-0.2, -0.15) is 0 Å². The van der Waals surface area contributed by atoms with Gasteiger partial charge in [0.1, 0.15) is 0 Å². The van der Waals surface area contributed by atoms with Gasteiger partial charge in [-0.3, -0.25) is 0 Å². The van der Waals surface area contributed by atoms with Crippen LogP contribution in [0.25, 0.3) is 0 Å². The van der Waals surface area contributed by atoms with Crippen molar-refractivity contribution in [2.75, 3.05) is 13.2 Å². The van der Waals surface area contributed by atoms with Gasteiger partial charge in [0.05, 0.1) is 0 Å². The van der Waals surface area contributed by atoms with Crippen molar-refractivity contribution in [3.63, 3.8) is 0 Å². The van der Waals surface area contributed by atoms with E-state index in [1.807, 2.05) is 0 Å². The molecule has 9 heavy (non-hydrogen) atoms. The summed E-state index contributed by atoms with van der Waals surface area (Å²) in [6.07, 6.45) is 0. The van der Waals surface area contributed by atoms with Gasteiger partial charge in [0.25, 0.3) is 0 Å². The second kappa shape index (κ2) is 77.7. The fourth-order valence-electron chi connectivity index (χ4n) is 0. The van der Waals surface area contributed by atoms with Crippen LogP contribution in [0.2, 0.25) is 0 Å². The molecule has 5 heteroatoms. The number of hydrogen-bond donors (Lipinski definition) is 0. The Morgan fingerprint density at radius 3 is 0.889 bits per heavy atom. The van der Waals surface area contributed by atoms with E-state index in [9.17, 15) is 0 Å². The third kappa shape index (κ3) is 1650. The van der Waals surface area contributed by atoms with Crippen molar-refractivity contribution >= 4 is 0 Å². The van der Waals surface area contributed by atoms with Crippen LogP contribution in [0.1, 0.15) is 13.8 Å². The van der Waals surface area contributed by atoms with Gasteiger partial charge in [-0.25, -0.2) is 0 Å². The van der Waals surface area contributed by atoms with Gasteiger partial charge in [-0.15, -0.1) is 13.2 Å². The summed E-state index contributed by atoms with van der Waals surface area (Å²) in [6, 6.07) is 0. The minimum Gasteiger partial charge on any atom is -0.855 e. The molecular weight excluding hydrogens is 177 g/mol. The number of rotatable bonds is 0. The van der Waals surface area contributed by atoms with Gasteiger partial charge in [0.2, 0.25) is 0 Å². The molecule has 0 aromatic rings. The third-order valence-electron chi connectivity index (χ3n) is 0. The maximum absolute atomic E-state index is 8.93. The third-order valence-corrected chi connectivity index (χ3v) is 0. The summed E-state index contributed by atoms with van der Waals surface area (Å²) in [5, 5.41) is 17.9. The fourth-order valence-corrected chi connectivity index (χ4v) is 0. The van der Waals surface area contributed by atoms with Crippen molar-refractivity contribution in [2.24, 2.45) is 0 Å². The minimum atomic E-state index is 0. The maximum atomic E-state index is 8.93. The van der Waals surface area contributed by atoms with Crippen LogP contribution in [-0.4, -0.2) is 24.2 Å². The minimum absolute atomic E-state index is 0. The van der Waals surface area contributed by atoms with Crippen LogP contribution in [0.3, 0.4) is 0 Å². The van der Waals surface area contributed by atoms with Crippen LogP contribution in [0.4, 0.5) is 0 Å². The van der Waals surface area contributed by atoms with Gasteiger partial charge in [0, 0.05) is 0 Å². The Hall–Kier alpha value is 0.463. The van der Waals surface area contributed by atoms with Gasteiger partial charge in [-0.1, -0.05) is 13.8 Å². The first-order valence-electron chi connectivity index (χ1n) is 1.99. The maximum Gasteiger partial charge on any atom is 2.00 e. The molecule has 0 fully saturated rings. The molecule has 0 atom stereocenters. The van der Waals surface area contributed by atoms with Crippen molar-refractivity contribution in [3.05, 3.63) is 0 Å². The molecule has 0 heterocycles. The zero-order valence-electron chi connectivity index (χ0n) is 5.94. The fraction of sp³-hybridized carbons (Fsp3) is 1.00. The van der Waals surface area contributed by atoms with E-state index >= 15 is 0 Å². The van der Waals surface area contributed by atoms with Crippen LogP contribution < -0.4 is 10.2 Å². The van der Waals surface area contributed by atoms with E-state index in [4.69, 9.17) is 10.2 Å². The Morgan fingerprint density at radius 2 is 0.889 bits per heavy atom. The first kappa shape index (κ1) is 34.0. The summed E-state index contributed by atoms with van der Waals surface area (Å²) < 4.78 is 0.